The van der Waals surface area contributed by atoms with E-state index in [1.807, 2.05) is 0 Å². The van der Waals surface area contributed by atoms with E-state index in [0.29, 0.717) is 12.6 Å². The van der Waals surface area contributed by atoms with Gasteiger partial charge in [0.25, 0.3) is 0 Å². The predicted octanol–water partition coefficient (Wildman–Crippen LogP) is 1.88. The van der Waals surface area contributed by atoms with Gasteiger partial charge in [-0.2, -0.15) is 4.31 Å². The minimum atomic E-state index is -3.82. The summed E-state index contributed by atoms with van der Waals surface area (Å²) < 4.78 is 39.4. The number of hydrogen-bond donors (Lipinski definition) is 1. The van der Waals surface area contributed by atoms with E-state index in [0.717, 1.165) is 22.7 Å². The third kappa shape index (κ3) is 3.45. The van der Waals surface area contributed by atoms with Crippen molar-refractivity contribution in [3.05, 3.63) is 42.2 Å². The van der Waals surface area contributed by atoms with E-state index in [9.17, 15) is 12.8 Å². The highest BCUT2D eigenvalue weighted by atomic mass is 32.2. The summed E-state index contributed by atoms with van der Waals surface area (Å²) in [6.45, 7) is 4.19. The molecule has 0 heterocycles. The Balaban J connectivity index is 2.24. The zero-order chi connectivity index (χ0) is 14.8. The molecule has 1 saturated carbocycles. The van der Waals surface area contributed by atoms with Crippen molar-refractivity contribution in [2.24, 2.45) is 0 Å². The Morgan fingerprint density at radius 2 is 2.20 bits per heavy atom. The van der Waals surface area contributed by atoms with Crippen molar-refractivity contribution in [3.8, 4) is 0 Å². The fraction of sp³-hybridized carbons (Fsp3) is 0.429. The number of nitrogens with zero attached hydrogens (tertiary/aromatic N) is 1. The van der Waals surface area contributed by atoms with Crippen LogP contribution in [-0.2, 0) is 16.6 Å². The highest BCUT2D eigenvalue weighted by Crippen LogP contribution is 2.22. The van der Waals surface area contributed by atoms with Crippen LogP contribution in [0.5, 0.6) is 0 Å². The van der Waals surface area contributed by atoms with E-state index in [1.165, 1.54) is 25.3 Å². The maximum atomic E-state index is 13.8. The molecule has 2 rings (SSSR count). The van der Waals surface area contributed by atoms with Gasteiger partial charge in [-0.3, -0.25) is 0 Å². The molecule has 0 aromatic heterocycles. The van der Waals surface area contributed by atoms with Gasteiger partial charge in [0.2, 0.25) is 10.0 Å². The molecule has 0 radical (unpaired) electrons. The number of hydrogen-bond acceptors (Lipinski definition) is 3. The van der Waals surface area contributed by atoms with Crippen LogP contribution in [-0.4, -0.2) is 32.4 Å². The van der Waals surface area contributed by atoms with Crippen molar-refractivity contribution < 1.29 is 12.8 Å². The van der Waals surface area contributed by atoms with E-state index >= 15 is 0 Å². The van der Waals surface area contributed by atoms with Crippen molar-refractivity contribution in [2.45, 2.75) is 30.3 Å². The lowest BCUT2D eigenvalue weighted by molar-refractivity contribution is 0.489. The molecule has 0 unspecified atom stereocenters. The van der Waals surface area contributed by atoms with Crippen molar-refractivity contribution in [1.82, 2.24) is 9.62 Å². The van der Waals surface area contributed by atoms with Crippen LogP contribution in [0.4, 0.5) is 4.39 Å². The van der Waals surface area contributed by atoms with Crippen molar-refractivity contribution in [3.63, 3.8) is 0 Å². The molecule has 1 N–H and O–H groups in total. The number of nitrogens with one attached hydrogen (secondary N) is 1. The minimum Gasteiger partial charge on any atom is -0.310 e. The molecule has 1 aliphatic carbocycles. The zero-order valence-corrected chi connectivity index (χ0v) is 12.3. The topological polar surface area (TPSA) is 49.4 Å². The monoisotopic (exact) mass is 298 g/mol. The molecule has 0 spiro atoms. The summed E-state index contributed by atoms with van der Waals surface area (Å²) in [6, 6.07) is 4.73. The smallest absolute Gasteiger partial charge is 0.246 e. The van der Waals surface area contributed by atoms with Crippen molar-refractivity contribution >= 4 is 10.0 Å². The molecule has 1 aromatic rings. The van der Waals surface area contributed by atoms with E-state index in [-0.39, 0.29) is 11.4 Å². The van der Waals surface area contributed by atoms with E-state index < -0.39 is 15.8 Å². The molecule has 0 bridgehead atoms. The van der Waals surface area contributed by atoms with Gasteiger partial charge in [-0.15, -0.1) is 6.58 Å². The molecule has 0 amide bonds. The molecule has 20 heavy (non-hydrogen) atoms. The standard InChI is InChI=1S/C14H19FN2O2S/c1-3-8-17(2)20(18,19)14-9-11(4-7-13(14)15)10-16-12-5-6-12/h3-4,7,9,12,16H,1,5-6,8,10H2,2H3. The summed E-state index contributed by atoms with van der Waals surface area (Å²) in [7, 11) is -2.41. The normalized spacial score (nSPS) is 15.6. The van der Waals surface area contributed by atoms with Gasteiger partial charge in [0.15, 0.2) is 0 Å². The molecule has 4 nitrogen and oxygen atoms in total. The highest BCUT2D eigenvalue weighted by Gasteiger charge is 2.25. The lowest BCUT2D eigenvalue weighted by Gasteiger charge is -2.16. The van der Waals surface area contributed by atoms with Crippen LogP contribution < -0.4 is 5.32 Å². The summed E-state index contributed by atoms with van der Waals surface area (Å²) in [6.07, 6.45) is 3.76. The third-order valence-corrected chi connectivity index (χ3v) is 5.08. The predicted molar refractivity (Wildman–Crippen MR) is 76.3 cm³/mol. The van der Waals surface area contributed by atoms with Gasteiger partial charge in [0.1, 0.15) is 10.7 Å². The van der Waals surface area contributed by atoms with E-state index in [4.69, 9.17) is 0 Å². The van der Waals surface area contributed by atoms with Crippen LogP contribution in [0.1, 0.15) is 18.4 Å². The summed E-state index contributed by atoms with van der Waals surface area (Å²) in [4.78, 5) is -0.281. The second-order valence-electron chi connectivity index (χ2n) is 4.99. The molecule has 6 heteroatoms. The fourth-order valence-corrected chi connectivity index (χ4v) is 3.11. The first-order valence-corrected chi connectivity index (χ1v) is 7.98. The van der Waals surface area contributed by atoms with Gasteiger partial charge in [-0.1, -0.05) is 12.1 Å². The molecule has 1 aliphatic rings. The summed E-state index contributed by atoms with van der Waals surface area (Å²) in [5, 5.41) is 3.28. The Bertz CT molecular complexity index is 597. The number of benzene rings is 1. The highest BCUT2D eigenvalue weighted by molar-refractivity contribution is 7.89. The number of rotatable bonds is 7. The first-order chi connectivity index (χ1) is 9.45. The first-order valence-electron chi connectivity index (χ1n) is 6.54. The number of likely N-dealkylation sites (N-methyl/N-ethyl adjacent to an activating group) is 1. The molecule has 0 atom stereocenters. The SMILES string of the molecule is C=CCN(C)S(=O)(=O)c1cc(CNC2CC2)ccc1F. The second kappa shape index (κ2) is 6.03. The Labute approximate surface area is 119 Å². The average Bonchev–Trinajstić information content (AvgIpc) is 3.22. The molecular weight excluding hydrogens is 279 g/mol. The minimum absolute atomic E-state index is 0.145. The van der Waals surface area contributed by atoms with Gasteiger partial charge in [0.05, 0.1) is 0 Å². The molecule has 1 fully saturated rings. The molecule has 0 aliphatic heterocycles. The quantitative estimate of drug-likeness (QED) is 0.782. The van der Waals surface area contributed by atoms with Crippen LogP contribution in [0.2, 0.25) is 0 Å². The first kappa shape index (κ1) is 15.2. The molecule has 0 saturated heterocycles. The maximum absolute atomic E-state index is 13.8. The zero-order valence-electron chi connectivity index (χ0n) is 11.5. The Kier molecular flexibility index (Phi) is 4.57. The molecular formula is C14H19FN2O2S. The van der Waals surface area contributed by atoms with Gasteiger partial charge in [-0.25, -0.2) is 12.8 Å². The summed E-state index contributed by atoms with van der Waals surface area (Å²) >= 11 is 0. The van der Waals surface area contributed by atoms with Gasteiger partial charge in [-0.05, 0) is 30.5 Å². The van der Waals surface area contributed by atoms with Gasteiger partial charge >= 0.3 is 0 Å². The number of sulfonamides is 1. The van der Waals surface area contributed by atoms with E-state index in [1.54, 1.807) is 6.07 Å². The van der Waals surface area contributed by atoms with E-state index in [2.05, 4.69) is 11.9 Å². The second-order valence-corrected chi connectivity index (χ2v) is 7.01. The maximum Gasteiger partial charge on any atom is 0.246 e. The van der Waals surface area contributed by atoms with Gasteiger partial charge in [0, 0.05) is 26.2 Å². The third-order valence-electron chi connectivity index (χ3n) is 3.24. The van der Waals surface area contributed by atoms with Gasteiger partial charge < -0.3 is 5.32 Å². The summed E-state index contributed by atoms with van der Waals surface area (Å²) in [5.41, 5.74) is 0.767. The van der Waals surface area contributed by atoms with Crippen LogP contribution >= 0.6 is 0 Å². The Morgan fingerprint density at radius 1 is 1.50 bits per heavy atom. The number of halogens is 1. The van der Waals surface area contributed by atoms with Crippen molar-refractivity contribution in [2.75, 3.05) is 13.6 Å². The molecule has 1 aromatic carbocycles. The largest absolute Gasteiger partial charge is 0.310 e. The Morgan fingerprint density at radius 3 is 2.80 bits per heavy atom. The fourth-order valence-electron chi connectivity index (χ4n) is 1.85. The van der Waals surface area contributed by atoms with Crippen LogP contribution in [0.3, 0.4) is 0 Å². The summed E-state index contributed by atoms with van der Waals surface area (Å²) in [5.74, 6) is -0.726. The van der Waals surface area contributed by atoms with Crippen LogP contribution in [0, 0.1) is 5.82 Å². The Hall–Kier alpha value is -1.24. The lowest BCUT2D eigenvalue weighted by Crippen LogP contribution is -2.28. The van der Waals surface area contributed by atoms with Crippen molar-refractivity contribution in [1.29, 1.82) is 0 Å². The lowest BCUT2D eigenvalue weighted by atomic mass is 10.2. The average molecular weight is 298 g/mol. The van der Waals surface area contributed by atoms with Crippen LogP contribution in [0.15, 0.2) is 35.7 Å². The molecule has 110 valence electrons. The van der Waals surface area contributed by atoms with Crippen LogP contribution in [0.25, 0.3) is 0 Å².